The molecule has 0 spiro atoms. The van der Waals surface area contributed by atoms with Crippen molar-refractivity contribution in [2.75, 3.05) is 0 Å². The van der Waals surface area contributed by atoms with E-state index in [4.69, 9.17) is 11.6 Å². The van der Waals surface area contributed by atoms with Gasteiger partial charge in [-0.2, -0.15) is 0 Å². The van der Waals surface area contributed by atoms with Crippen LogP contribution < -0.4 is 5.32 Å². The number of hydrogen-bond acceptors (Lipinski definition) is 1. The van der Waals surface area contributed by atoms with E-state index in [1.54, 1.807) is 6.92 Å². The first-order valence-corrected chi connectivity index (χ1v) is 4.10. The van der Waals surface area contributed by atoms with Crippen LogP contribution in [-0.2, 0) is 6.54 Å². The monoisotopic (exact) mass is 179 g/mol. The van der Waals surface area contributed by atoms with Gasteiger partial charge in [0.1, 0.15) is 0 Å². The van der Waals surface area contributed by atoms with E-state index in [1.807, 2.05) is 24.3 Å². The minimum absolute atomic E-state index is 0.737. The molecule has 1 rings (SSSR count). The number of hydrogen-bond donors (Lipinski definition) is 1. The van der Waals surface area contributed by atoms with Gasteiger partial charge < -0.3 is 5.32 Å². The van der Waals surface area contributed by atoms with E-state index in [-0.39, 0.29) is 0 Å². The first-order valence-electron chi connectivity index (χ1n) is 3.72. The summed E-state index contributed by atoms with van der Waals surface area (Å²) in [5, 5.41) is 3.72. The van der Waals surface area contributed by atoms with Gasteiger partial charge >= 0.3 is 0 Å². The largest absolute Gasteiger partial charge is 0.341 e. The van der Waals surface area contributed by atoms with Gasteiger partial charge in [0.05, 0.1) is 0 Å². The summed E-state index contributed by atoms with van der Waals surface area (Å²) < 4.78 is 0. The summed E-state index contributed by atoms with van der Waals surface area (Å²) >= 11 is 5.79. The van der Waals surface area contributed by atoms with Gasteiger partial charge in [-0.25, -0.2) is 0 Å². The molecule has 0 fully saturated rings. The predicted octanol–water partition coefficient (Wildman–Crippen LogP) is 2.41. The van der Waals surface area contributed by atoms with Crippen LogP contribution in [0, 0.1) is 12.0 Å². The molecule has 0 saturated carbocycles. The Morgan fingerprint density at radius 2 is 2.33 bits per heavy atom. The molecule has 1 aromatic carbocycles. The minimum Gasteiger partial charge on any atom is -0.341 e. The van der Waals surface area contributed by atoms with Crippen LogP contribution in [-0.4, -0.2) is 0 Å². The van der Waals surface area contributed by atoms with Crippen molar-refractivity contribution >= 4 is 11.6 Å². The standard InChI is InChI=1S/C10H10ClN/c1-2-6-12-8-9-4-3-5-10(11)7-9/h3-5,7,12H,8H2,1H3. The Morgan fingerprint density at radius 3 is 3.00 bits per heavy atom. The second-order valence-corrected chi connectivity index (χ2v) is 2.79. The smallest absolute Gasteiger partial charge is 0.0480 e. The first-order chi connectivity index (χ1) is 5.83. The number of nitrogens with one attached hydrogen (secondary N) is 1. The molecule has 2 heteroatoms. The summed E-state index contributed by atoms with van der Waals surface area (Å²) in [4.78, 5) is 0. The second-order valence-electron chi connectivity index (χ2n) is 2.36. The molecule has 0 bridgehead atoms. The van der Waals surface area contributed by atoms with Gasteiger partial charge in [-0.05, 0) is 24.6 Å². The number of benzene rings is 1. The van der Waals surface area contributed by atoms with Crippen LogP contribution in [0.25, 0.3) is 0 Å². The van der Waals surface area contributed by atoms with E-state index in [1.165, 1.54) is 0 Å². The Balaban J connectivity index is 2.55. The fraction of sp³-hybridized carbons (Fsp3) is 0.200. The molecule has 1 nitrogen and oxygen atoms in total. The fourth-order valence-corrected chi connectivity index (χ4v) is 1.09. The van der Waals surface area contributed by atoms with Crippen molar-refractivity contribution in [3.63, 3.8) is 0 Å². The Morgan fingerprint density at radius 1 is 1.50 bits per heavy atom. The van der Waals surface area contributed by atoms with E-state index in [2.05, 4.69) is 17.3 Å². The van der Waals surface area contributed by atoms with Gasteiger partial charge in [-0.15, -0.1) is 0 Å². The van der Waals surface area contributed by atoms with Gasteiger partial charge in [0.25, 0.3) is 0 Å². The molecule has 0 aliphatic carbocycles. The lowest BCUT2D eigenvalue weighted by atomic mass is 10.2. The molecular weight excluding hydrogens is 170 g/mol. The zero-order valence-electron chi connectivity index (χ0n) is 6.89. The van der Waals surface area contributed by atoms with Crippen LogP contribution in [0.1, 0.15) is 12.5 Å². The molecule has 0 amide bonds. The van der Waals surface area contributed by atoms with Crippen molar-refractivity contribution in [3.8, 4) is 12.0 Å². The van der Waals surface area contributed by atoms with Crippen molar-refractivity contribution in [2.45, 2.75) is 13.5 Å². The summed E-state index contributed by atoms with van der Waals surface area (Å²) in [6.45, 7) is 2.53. The zero-order valence-corrected chi connectivity index (χ0v) is 7.65. The molecular formula is C10H10ClN. The van der Waals surface area contributed by atoms with Crippen molar-refractivity contribution in [2.24, 2.45) is 0 Å². The van der Waals surface area contributed by atoms with Gasteiger partial charge in [0.15, 0.2) is 0 Å². The molecule has 0 heterocycles. The average Bonchev–Trinajstić information content (AvgIpc) is 2.05. The van der Waals surface area contributed by atoms with Crippen LogP contribution in [0.4, 0.5) is 0 Å². The third-order valence-corrected chi connectivity index (χ3v) is 1.63. The molecule has 1 N–H and O–H groups in total. The fourth-order valence-electron chi connectivity index (χ4n) is 0.882. The molecule has 0 aliphatic heterocycles. The maximum atomic E-state index is 5.79. The van der Waals surface area contributed by atoms with Crippen molar-refractivity contribution in [1.82, 2.24) is 5.32 Å². The normalized spacial score (nSPS) is 8.50. The molecule has 0 unspecified atom stereocenters. The van der Waals surface area contributed by atoms with E-state index >= 15 is 0 Å². The predicted molar refractivity (Wildman–Crippen MR) is 51.7 cm³/mol. The molecule has 0 aliphatic rings. The Labute approximate surface area is 77.7 Å². The minimum atomic E-state index is 0.737. The first kappa shape index (κ1) is 8.96. The molecule has 1 aromatic rings. The van der Waals surface area contributed by atoms with Crippen LogP contribution >= 0.6 is 11.6 Å². The Kier molecular flexibility index (Phi) is 3.50. The third kappa shape index (κ3) is 2.86. The number of rotatable bonds is 2. The lowest BCUT2D eigenvalue weighted by Gasteiger charge is -1.98. The molecule has 12 heavy (non-hydrogen) atoms. The molecule has 0 atom stereocenters. The number of halogens is 1. The lowest BCUT2D eigenvalue weighted by Crippen LogP contribution is -2.04. The molecule has 0 saturated heterocycles. The summed E-state index contributed by atoms with van der Waals surface area (Å²) in [5.74, 6) is 2.76. The van der Waals surface area contributed by atoms with Crippen molar-refractivity contribution in [1.29, 1.82) is 0 Å². The highest BCUT2D eigenvalue weighted by atomic mass is 35.5. The maximum absolute atomic E-state index is 5.79. The van der Waals surface area contributed by atoms with Crippen LogP contribution in [0.2, 0.25) is 5.02 Å². The molecule has 0 aromatic heterocycles. The van der Waals surface area contributed by atoms with Crippen LogP contribution in [0.5, 0.6) is 0 Å². The SMILES string of the molecule is CC#CNCc1cccc(Cl)c1. The van der Waals surface area contributed by atoms with Gasteiger partial charge in [-0.1, -0.05) is 29.7 Å². The average molecular weight is 180 g/mol. The summed E-state index contributed by atoms with van der Waals surface area (Å²) in [5.41, 5.74) is 1.14. The second kappa shape index (κ2) is 4.69. The highest BCUT2D eigenvalue weighted by Crippen LogP contribution is 2.09. The van der Waals surface area contributed by atoms with Crippen molar-refractivity contribution in [3.05, 3.63) is 34.9 Å². The van der Waals surface area contributed by atoms with E-state index < -0.39 is 0 Å². The zero-order chi connectivity index (χ0) is 8.81. The van der Waals surface area contributed by atoms with E-state index in [0.717, 1.165) is 17.1 Å². The van der Waals surface area contributed by atoms with Gasteiger partial charge in [-0.3, -0.25) is 0 Å². The highest BCUT2D eigenvalue weighted by Gasteiger charge is 1.90. The summed E-state index contributed by atoms with van der Waals surface area (Å²) in [6.07, 6.45) is 0. The summed E-state index contributed by atoms with van der Waals surface area (Å²) in [7, 11) is 0. The Bertz CT molecular complexity index is 309. The van der Waals surface area contributed by atoms with E-state index in [0.29, 0.717) is 0 Å². The Hall–Kier alpha value is -1.13. The topological polar surface area (TPSA) is 12.0 Å². The summed E-state index contributed by atoms with van der Waals surface area (Å²) in [6, 6.07) is 10.5. The van der Waals surface area contributed by atoms with Gasteiger partial charge in [0, 0.05) is 17.6 Å². The molecule has 0 radical (unpaired) electrons. The van der Waals surface area contributed by atoms with Crippen molar-refractivity contribution < 1.29 is 0 Å². The lowest BCUT2D eigenvalue weighted by molar-refractivity contribution is 0.899. The highest BCUT2D eigenvalue weighted by molar-refractivity contribution is 6.30. The van der Waals surface area contributed by atoms with E-state index in [9.17, 15) is 0 Å². The molecule has 62 valence electrons. The van der Waals surface area contributed by atoms with Crippen LogP contribution in [0.3, 0.4) is 0 Å². The third-order valence-electron chi connectivity index (χ3n) is 1.39. The van der Waals surface area contributed by atoms with Crippen LogP contribution in [0.15, 0.2) is 24.3 Å². The van der Waals surface area contributed by atoms with Gasteiger partial charge in [0.2, 0.25) is 0 Å². The quantitative estimate of drug-likeness (QED) is 0.543. The maximum Gasteiger partial charge on any atom is 0.0480 e.